The molecule has 0 aliphatic carbocycles. The summed E-state index contributed by atoms with van der Waals surface area (Å²) in [6, 6.07) is 20.6. The predicted molar refractivity (Wildman–Crippen MR) is 480 cm³/mol. The molecule has 141 heavy (non-hydrogen) atoms. The number of carbonyl (C=O) groups is 8. The number of anilines is 4. The molecule has 4 N–H and O–H groups in total. The molecule has 4 saturated heterocycles. The van der Waals surface area contributed by atoms with Gasteiger partial charge in [0.15, 0.2) is 46.8 Å². The summed E-state index contributed by atoms with van der Waals surface area (Å²) in [4.78, 5) is 119. The van der Waals surface area contributed by atoms with E-state index in [1.54, 1.807) is 73.3 Å². The third kappa shape index (κ3) is 21.6. The molecule has 726 valence electrons. The lowest BCUT2D eigenvalue weighted by Crippen LogP contribution is -2.15. The van der Waals surface area contributed by atoms with E-state index in [0.717, 1.165) is 15.9 Å². The predicted octanol–water partition coefficient (Wildman–Crippen LogP) is 15.1. The maximum absolute atomic E-state index is 13.2. The molecule has 20 rings (SSSR count). The van der Waals surface area contributed by atoms with Crippen LogP contribution in [0.4, 0.5) is 66.7 Å². The molecule has 4 aromatic carbocycles. The number of cyclic esters (lactones) is 4. The lowest BCUT2D eigenvalue weighted by atomic mass is 10.1. The van der Waals surface area contributed by atoms with Gasteiger partial charge in [0.05, 0.1) is 98.8 Å². The Labute approximate surface area is 801 Å². The van der Waals surface area contributed by atoms with Crippen LogP contribution in [-0.4, -0.2) is 216 Å². The first-order valence-corrected chi connectivity index (χ1v) is 45.3. The minimum Gasteiger partial charge on any atom is -0.464 e. The molecule has 4 fully saturated rings. The van der Waals surface area contributed by atoms with Gasteiger partial charge in [-0.25, -0.2) is 57.2 Å². The van der Waals surface area contributed by atoms with Crippen molar-refractivity contribution in [3.8, 4) is 68.0 Å². The SMILES string of the molecule is CSc1ccc(OC(F)F)c(-c2nn([C@@H]3CCOC3=O)cc2NC(=O)c2cnn3cccnc23)c1.CSc1ccc(OC(F)F)c(-c2nn([C@H]3CCOC3=O)cc2NC(=O)c2cnn3cccnc23)c1.O=C(Nc1cn([C@@H]2CCOC2=O)nc1-c1cc(Cl)ccc1OC(F)F)c1cnn2cccnc12.O=C(Nc1cn([C@H]2CCOC2=O)nc1-c1cc(SC(F)F)ccc1OC(F)F)c1cnn2cccnc12. The number of benzene rings is 4. The highest BCUT2D eigenvalue weighted by Crippen LogP contribution is 2.46. The second kappa shape index (κ2) is 42.4. The number of amides is 4. The van der Waals surface area contributed by atoms with Crippen LogP contribution in [0.25, 0.3) is 67.6 Å². The zero-order valence-electron chi connectivity index (χ0n) is 72.2. The van der Waals surface area contributed by atoms with Crippen molar-refractivity contribution in [2.75, 3.05) is 60.2 Å². The van der Waals surface area contributed by atoms with Gasteiger partial charge in [-0.2, -0.15) is 84.7 Å². The van der Waals surface area contributed by atoms with Crippen LogP contribution in [-0.2, 0) is 38.1 Å². The number of rotatable bonds is 28. The molecule has 4 amide bonds. The zero-order valence-corrected chi connectivity index (χ0v) is 75.4. The van der Waals surface area contributed by atoms with Crippen molar-refractivity contribution in [1.29, 1.82) is 0 Å². The quantitative estimate of drug-likeness (QED) is 0.0153. The number of hydrogen-bond donors (Lipinski definition) is 4. The van der Waals surface area contributed by atoms with Gasteiger partial charge in [-0.05, 0) is 110 Å². The number of aromatic nitrogens is 20. The summed E-state index contributed by atoms with van der Waals surface area (Å²) in [6.45, 7) is -11.6. The zero-order chi connectivity index (χ0) is 99.0. The molecular formula is C87H67ClF10N24O16S3. The Morgan fingerprint density at radius 2 is 0.631 bits per heavy atom. The molecule has 54 heteroatoms. The number of fused-ring (bicyclic) bond motifs is 4. The highest BCUT2D eigenvalue weighted by atomic mass is 35.5. The van der Waals surface area contributed by atoms with Crippen LogP contribution in [0.3, 0.4) is 0 Å². The van der Waals surface area contributed by atoms with Crippen LogP contribution < -0.4 is 40.2 Å². The van der Waals surface area contributed by atoms with Crippen LogP contribution >= 0.6 is 46.9 Å². The van der Waals surface area contributed by atoms with Gasteiger partial charge in [0.1, 0.15) is 68.0 Å². The minimum absolute atomic E-state index is 0.0123. The number of thioether (sulfide) groups is 3. The normalized spacial score (nSPS) is 15.6. The highest BCUT2D eigenvalue weighted by Gasteiger charge is 2.38. The van der Waals surface area contributed by atoms with Gasteiger partial charge in [0, 0.05) is 117 Å². The van der Waals surface area contributed by atoms with E-state index in [2.05, 4.69) is 91.5 Å². The number of hydrogen-bond acceptors (Lipinski definition) is 31. The third-order valence-electron chi connectivity index (χ3n) is 21.3. The van der Waals surface area contributed by atoms with Gasteiger partial charge >= 0.3 is 50.3 Å². The summed E-state index contributed by atoms with van der Waals surface area (Å²) in [7, 11) is 0. The summed E-state index contributed by atoms with van der Waals surface area (Å²) >= 11 is 9.10. The van der Waals surface area contributed by atoms with Gasteiger partial charge < -0.3 is 59.2 Å². The Kier molecular flexibility index (Phi) is 29.0. The van der Waals surface area contributed by atoms with E-state index < -0.39 is 104 Å². The van der Waals surface area contributed by atoms with Crippen LogP contribution in [0.1, 0.15) is 91.3 Å². The standard InChI is InChI=1S/C22H16F4N6O4S.2C22H18F2N6O4S.C21H15ClF2N6O4/c23-21(24)36-16-3-2-11(37-22(25)26)8-12(16)17-14(10-32(30-17)15-4-7-35-20(15)34)29-19(33)13-9-28-31-6-1-5-27-18(13)31;2*1-35-12-3-4-17(34-22(23)24)13(9-12)18-15(11-30(28-18)16-5-8-33-21(16)32)27-20(31)14-10-26-29-7-2-6-25-19(14)29;22-11-2-3-16(34-21(23)24)12(8-11)17-14(10-30(28-17)15-4-7-33-20(15)32)27-19(31)13-9-26-29-6-1-5-25-18(13)29/h1-3,5-6,8-10,15,21-22H,4,7H2,(H,29,33);2*2-4,6-7,9-11,16,22H,5,8H2,1H3,(H,27,31);1-3,5-6,8-10,15,21H,4,7H2,(H,27,31)/t15-;2*16-;15-/m0101/s1. The molecule has 16 aromatic rings. The summed E-state index contributed by atoms with van der Waals surface area (Å²) in [5.74, 6) is -7.86. The van der Waals surface area contributed by atoms with E-state index >= 15 is 0 Å². The van der Waals surface area contributed by atoms with Crippen molar-refractivity contribution in [1.82, 2.24) is 97.5 Å². The van der Waals surface area contributed by atoms with Gasteiger partial charge in [-0.3, -0.25) is 37.9 Å². The van der Waals surface area contributed by atoms with Crippen LogP contribution in [0.2, 0.25) is 5.02 Å². The number of ether oxygens (including phenoxy) is 8. The van der Waals surface area contributed by atoms with Crippen molar-refractivity contribution < 1.29 is 120 Å². The Balaban J connectivity index is 0.000000130. The molecule has 4 aliphatic heterocycles. The average molecular weight is 2030 g/mol. The molecule has 0 bridgehead atoms. The second-order valence-corrected chi connectivity index (χ2v) is 33.1. The fourth-order valence-corrected chi connectivity index (χ4v) is 16.6. The van der Waals surface area contributed by atoms with Gasteiger partial charge in [-0.15, -0.1) is 23.5 Å². The molecule has 0 radical (unpaired) electrons. The number of alkyl halides is 10. The molecule has 4 atom stereocenters. The maximum Gasteiger partial charge on any atom is 0.387 e. The lowest BCUT2D eigenvalue weighted by Gasteiger charge is -2.13. The first-order valence-electron chi connectivity index (χ1n) is 41.6. The monoisotopic (exact) mass is 2020 g/mol. The van der Waals surface area contributed by atoms with E-state index in [9.17, 15) is 82.3 Å². The van der Waals surface area contributed by atoms with Gasteiger partial charge in [0.25, 0.3) is 29.4 Å². The minimum atomic E-state index is -3.22. The molecular weight excluding hydrogens is 1960 g/mol. The summed E-state index contributed by atoms with van der Waals surface area (Å²) in [5, 5.41) is 45.2. The van der Waals surface area contributed by atoms with E-state index in [4.69, 9.17) is 40.0 Å². The van der Waals surface area contributed by atoms with Gasteiger partial charge in [-0.1, -0.05) is 23.4 Å². The number of carbonyl (C=O) groups excluding carboxylic acids is 8. The Morgan fingerprint density at radius 1 is 0.376 bits per heavy atom. The first-order chi connectivity index (χ1) is 68.1. The van der Waals surface area contributed by atoms with Crippen LogP contribution in [0.5, 0.6) is 23.0 Å². The highest BCUT2D eigenvalue weighted by molar-refractivity contribution is 7.99. The Hall–Kier alpha value is -16.2. The lowest BCUT2D eigenvalue weighted by molar-refractivity contribution is -0.141. The number of nitrogens with zero attached hydrogens (tertiary/aromatic N) is 20. The molecule has 0 spiro atoms. The number of esters is 4. The average Bonchev–Trinajstić information content (AvgIpc) is 1.64. The Bertz CT molecular complexity index is 7230. The summed E-state index contributed by atoms with van der Waals surface area (Å²) in [5.41, 5.74) is 3.27. The van der Waals surface area contributed by atoms with E-state index in [-0.39, 0.29) is 173 Å². The molecule has 0 saturated carbocycles. The molecule has 0 unspecified atom stereocenters. The third-order valence-corrected chi connectivity index (χ3v) is 23.7. The van der Waals surface area contributed by atoms with E-state index in [1.807, 2.05) is 12.5 Å². The van der Waals surface area contributed by atoms with E-state index in [0.29, 0.717) is 36.2 Å². The fraction of sp³-hybridized carbons (Fsp3) is 0.218. The summed E-state index contributed by atoms with van der Waals surface area (Å²) < 4.78 is 181. The summed E-state index contributed by atoms with van der Waals surface area (Å²) in [6.07, 6.45) is 28.8. The van der Waals surface area contributed by atoms with Crippen molar-refractivity contribution in [2.45, 2.75) is 96.7 Å². The first kappa shape index (κ1) is 96.5. The molecule has 4 aliphatic rings. The molecule has 12 aromatic heterocycles. The van der Waals surface area contributed by atoms with Crippen molar-refractivity contribution >= 4 is 140 Å². The van der Waals surface area contributed by atoms with Crippen molar-refractivity contribution in [3.63, 3.8) is 0 Å². The smallest absolute Gasteiger partial charge is 0.387 e. The molecule has 40 nitrogen and oxygen atoms in total. The van der Waals surface area contributed by atoms with Crippen molar-refractivity contribution in [2.24, 2.45) is 0 Å². The van der Waals surface area contributed by atoms with Crippen molar-refractivity contribution in [3.05, 3.63) is 223 Å². The Morgan fingerprint density at radius 3 is 0.879 bits per heavy atom. The fourth-order valence-electron chi connectivity index (χ4n) is 15.0. The molecule has 16 heterocycles. The van der Waals surface area contributed by atoms with Crippen LogP contribution in [0, 0.1) is 0 Å². The second-order valence-electron chi connectivity index (χ2n) is 29.9. The number of halogens is 11. The topological polar surface area (TPSA) is 451 Å². The largest absolute Gasteiger partial charge is 0.464 e. The number of nitrogens with one attached hydrogen (secondary N) is 4. The van der Waals surface area contributed by atoms with Gasteiger partial charge in [0.2, 0.25) is 0 Å². The van der Waals surface area contributed by atoms with E-state index in [1.165, 1.54) is 177 Å². The van der Waals surface area contributed by atoms with Crippen LogP contribution in [0.15, 0.2) is 211 Å². The maximum atomic E-state index is 13.2.